The van der Waals surface area contributed by atoms with Gasteiger partial charge in [-0.3, -0.25) is 4.57 Å². The summed E-state index contributed by atoms with van der Waals surface area (Å²) in [5.74, 6) is 0.891. The van der Waals surface area contributed by atoms with E-state index in [0.717, 1.165) is 16.5 Å². The predicted octanol–water partition coefficient (Wildman–Crippen LogP) is 5.30. The summed E-state index contributed by atoms with van der Waals surface area (Å²) in [6.45, 7) is 7.11. The summed E-state index contributed by atoms with van der Waals surface area (Å²) in [5, 5.41) is 13.1. The van der Waals surface area contributed by atoms with Gasteiger partial charge in [-0.05, 0) is 44.5 Å². The van der Waals surface area contributed by atoms with Crippen LogP contribution in [0.2, 0.25) is 5.02 Å². The van der Waals surface area contributed by atoms with Crippen molar-refractivity contribution in [1.29, 1.82) is 0 Å². The third kappa shape index (κ3) is 2.95. The highest BCUT2D eigenvalue weighted by molar-refractivity contribution is 6.34. The molecular weight excluding hydrogens is 417 g/mol. The minimum absolute atomic E-state index is 0.353. The smallest absolute Gasteiger partial charge is 0.162 e. The van der Waals surface area contributed by atoms with E-state index < -0.39 is 11.4 Å². The number of nitrogens with one attached hydrogen (secondary N) is 1. The highest BCUT2D eigenvalue weighted by Crippen LogP contribution is 2.45. The van der Waals surface area contributed by atoms with Crippen molar-refractivity contribution in [3.63, 3.8) is 0 Å². The summed E-state index contributed by atoms with van der Waals surface area (Å²) in [6.07, 6.45) is 1.99. The number of methoxy groups -OCH3 is 1. The van der Waals surface area contributed by atoms with Crippen LogP contribution in [-0.4, -0.2) is 33.0 Å². The Morgan fingerprint density at radius 1 is 1.23 bits per heavy atom. The second-order valence-electron chi connectivity index (χ2n) is 8.34. The average Bonchev–Trinajstić information content (AvgIpc) is 3.31. The van der Waals surface area contributed by atoms with Crippen molar-refractivity contribution in [2.24, 2.45) is 0 Å². The van der Waals surface area contributed by atoms with Crippen LogP contribution in [0.3, 0.4) is 0 Å². The van der Waals surface area contributed by atoms with Gasteiger partial charge in [-0.1, -0.05) is 23.7 Å². The van der Waals surface area contributed by atoms with Gasteiger partial charge in [-0.25, -0.2) is 4.39 Å². The molecule has 5 rings (SSSR count). The van der Waals surface area contributed by atoms with E-state index in [-0.39, 0.29) is 0 Å². The largest absolute Gasteiger partial charge is 0.383 e. The Balaban J connectivity index is 1.76. The molecule has 0 saturated heterocycles. The molecule has 4 aromatic rings. The van der Waals surface area contributed by atoms with E-state index in [0.29, 0.717) is 46.8 Å². The molecule has 1 aliphatic heterocycles. The molecule has 2 aromatic heterocycles. The van der Waals surface area contributed by atoms with Crippen LogP contribution in [0.4, 0.5) is 10.1 Å². The van der Waals surface area contributed by atoms with Crippen LogP contribution < -0.4 is 5.32 Å². The first-order chi connectivity index (χ1) is 14.8. The maximum absolute atomic E-state index is 16.2. The molecule has 8 heteroatoms. The standard InChI is InChI=1S/C23H23ClFN5O/c1-13-27-28-22-23(2,3)26-17-12-16(24)19(20(25)21(17)30(13)22)15-6-5-7-18-14(15)8-9-29(18)10-11-31-4/h5-9,12,26H,10-11H2,1-4H3. The Bertz CT molecular complexity index is 1320. The first-order valence-corrected chi connectivity index (χ1v) is 10.5. The number of rotatable bonds is 4. The summed E-state index contributed by atoms with van der Waals surface area (Å²) in [5.41, 5.74) is 2.63. The number of hydrogen-bond acceptors (Lipinski definition) is 4. The molecule has 31 heavy (non-hydrogen) atoms. The number of aryl methyl sites for hydroxylation is 1. The predicted molar refractivity (Wildman–Crippen MR) is 121 cm³/mol. The summed E-state index contributed by atoms with van der Waals surface area (Å²) in [4.78, 5) is 0. The van der Waals surface area contributed by atoms with Crippen LogP contribution in [0, 0.1) is 12.7 Å². The second kappa shape index (κ2) is 7.07. The zero-order chi connectivity index (χ0) is 21.9. The number of aromatic nitrogens is 4. The van der Waals surface area contributed by atoms with Crippen LogP contribution in [0.5, 0.6) is 0 Å². The monoisotopic (exact) mass is 439 g/mol. The van der Waals surface area contributed by atoms with Gasteiger partial charge in [0.2, 0.25) is 0 Å². The number of anilines is 1. The average molecular weight is 440 g/mol. The summed E-state index contributed by atoms with van der Waals surface area (Å²) >= 11 is 6.68. The molecule has 160 valence electrons. The maximum Gasteiger partial charge on any atom is 0.162 e. The van der Waals surface area contributed by atoms with Crippen LogP contribution in [-0.2, 0) is 16.8 Å². The highest BCUT2D eigenvalue weighted by atomic mass is 35.5. The third-order valence-electron chi connectivity index (χ3n) is 5.87. The quantitative estimate of drug-likeness (QED) is 0.469. The van der Waals surface area contributed by atoms with Crippen molar-refractivity contribution in [3.8, 4) is 16.8 Å². The van der Waals surface area contributed by atoms with Crippen LogP contribution >= 0.6 is 11.6 Å². The first kappa shape index (κ1) is 20.0. The molecule has 0 aliphatic carbocycles. The van der Waals surface area contributed by atoms with Gasteiger partial charge in [-0.2, -0.15) is 0 Å². The number of benzene rings is 2. The number of halogens is 2. The molecule has 0 saturated carbocycles. The zero-order valence-corrected chi connectivity index (χ0v) is 18.6. The van der Waals surface area contributed by atoms with E-state index in [1.165, 1.54) is 0 Å². The van der Waals surface area contributed by atoms with Gasteiger partial charge < -0.3 is 14.6 Å². The van der Waals surface area contributed by atoms with Gasteiger partial charge >= 0.3 is 0 Å². The summed E-state index contributed by atoms with van der Waals surface area (Å²) < 4.78 is 25.3. The Labute approximate surface area is 184 Å². The van der Waals surface area contributed by atoms with E-state index in [2.05, 4.69) is 20.1 Å². The molecule has 3 heterocycles. The highest BCUT2D eigenvalue weighted by Gasteiger charge is 2.37. The van der Waals surface area contributed by atoms with Crippen molar-refractivity contribution in [2.75, 3.05) is 19.0 Å². The van der Waals surface area contributed by atoms with E-state index in [9.17, 15) is 0 Å². The fraction of sp³-hybridized carbons (Fsp3) is 0.304. The molecule has 2 aromatic carbocycles. The molecule has 6 nitrogen and oxygen atoms in total. The zero-order valence-electron chi connectivity index (χ0n) is 17.8. The number of nitrogens with zero attached hydrogens (tertiary/aromatic N) is 4. The Kier molecular flexibility index (Phi) is 4.57. The molecule has 0 radical (unpaired) electrons. The first-order valence-electron chi connectivity index (χ1n) is 10.1. The van der Waals surface area contributed by atoms with Gasteiger partial charge in [0.25, 0.3) is 0 Å². The number of fused-ring (bicyclic) bond motifs is 4. The van der Waals surface area contributed by atoms with Crippen LogP contribution in [0.1, 0.15) is 25.5 Å². The van der Waals surface area contributed by atoms with Gasteiger partial charge in [0.1, 0.15) is 11.5 Å². The minimum atomic E-state index is -0.510. The molecule has 0 spiro atoms. The number of ether oxygens (including phenoxy) is 1. The van der Waals surface area contributed by atoms with Gasteiger partial charge in [0.05, 0.1) is 22.9 Å². The SMILES string of the molecule is COCCn1ccc2c(-c3c(Cl)cc4c(c3F)-n3c(C)nnc3C(C)(C)N4)cccc21. The van der Waals surface area contributed by atoms with E-state index in [1.807, 2.05) is 51.2 Å². The Hall–Kier alpha value is -2.90. The maximum atomic E-state index is 16.2. The van der Waals surface area contributed by atoms with Crippen LogP contribution in [0.15, 0.2) is 36.5 Å². The van der Waals surface area contributed by atoms with Gasteiger partial charge in [0.15, 0.2) is 11.6 Å². The fourth-order valence-electron chi connectivity index (χ4n) is 4.42. The second-order valence-corrected chi connectivity index (χ2v) is 8.75. The lowest BCUT2D eigenvalue weighted by molar-refractivity contribution is 0.188. The number of hydrogen-bond donors (Lipinski definition) is 1. The van der Waals surface area contributed by atoms with Gasteiger partial charge in [-0.15, -0.1) is 10.2 Å². The molecule has 0 atom stereocenters. The van der Waals surface area contributed by atoms with E-state index in [1.54, 1.807) is 17.7 Å². The molecule has 1 aliphatic rings. The molecule has 1 N–H and O–H groups in total. The third-order valence-corrected chi connectivity index (χ3v) is 6.16. The minimum Gasteiger partial charge on any atom is -0.383 e. The van der Waals surface area contributed by atoms with Crippen molar-refractivity contribution >= 4 is 28.2 Å². The van der Waals surface area contributed by atoms with E-state index in [4.69, 9.17) is 16.3 Å². The van der Waals surface area contributed by atoms with E-state index >= 15 is 4.39 Å². The van der Waals surface area contributed by atoms with Crippen molar-refractivity contribution in [1.82, 2.24) is 19.3 Å². The lowest BCUT2D eigenvalue weighted by Gasteiger charge is -2.34. The molecule has 0 fully saturated rings. The van der Waals surface area contributed by atoms with Crippen LogP contribution in [0.25, 0.3) is 27.7 Å². The summed E-state index contributed by atoms with van der Waals surface area (Å²) in [6, 6.07) is 9.63. The fourth-order valence-corrected chi connectivity index (χ4v) is 4.72. The van der Waals surface area contributed by atoms with Crippen molar-refractivity contribution in [2.45, 2.75) is 32.9 Å². The molecule has 0 amide bonds. The Morgan fingerprint density at radius 3 is 2.81 bits per heavy atom. The topological polar surface area (TPSA) is 56.9 Å². The lowest BCUT2D eigenvalue weighted by atomic mass is 9.95. The molecular formula is C23H23ClFN5O. The molecule has 0 bridgehead atoms. The van der Waals surface area contributed by atoms with Crippen molar-refractivity contribution in [3.05, 3.63) is 59.0 Å². The normalized spacial score (nSPS) is 14.4. The van der Waals surface area contributed by atoms with Gasteiger partial charge in [0, 0.05) is 36.3 Å². The Morgan fingerprint density at radius 2 is 2.03 bits per heavy atom. The van der Waals surface area contributed by atoms with Crippen molar-refractivity contribution < 1.29 is 9.13 Å². The molecule has 0 unspecified atom stereocenters. The lowest BCUT2D eigenvalue weighted by Crippen LogP contribution is -2.36. The summed E-state index contributed by atoms with van der Waals surface area (Å²) in [7, 11) is 1.68.